The fourth-order valence-corrected chi connectivity index (χ4v) is 2.60. The first kappa shape index (κ1) is 14.3. The van der Waals surface area contributed by atoms with Crippen LogP contribution in [0.5, 0.6) is 5.88 Å². The maximum atomic E-state index is 5.99. The maximum Gasteiger partial charge on any atom is 0.213 e. The Morgan fingerprint density at radius 3 is 2.79 bits per heavy atom. The minimum Gasteiger partial charge on any atom is -0.474 e. The van der Waals surface area contributed by atoms with Gasteiger partial charge in [0.15, 0.2) is 0 Å². The highest BCUT2D eigenvalue weighted by Gasteiger charge is 2.23. The smallest absolute Gasteiger partial charge is 0.213 e. The van der Waals surface area contributed by atoms with E-state index < -0.39 is 0 Å². The van der Waals surface area contributed by atoms with Crippen LogP contribution in [0, 0.1) is 6.92 Å². The Kier molecular flexibility index (Phi) is 5.16. The van der Waals surface area contributed by atoms with Crippen LogP contribution in [-0.2, 0) is 11.3 Å². The normalized spacial score (nSPS) is 23.3. The molecule has 1 saturated carbocycles. The first-order valence-corrected chi connectivity index (χ1v) is 7.03. The van der Waals surface area contributed by atoms with E-state index in [9.17, 15) is 0 Å². The molecule has 1 aromatic heterocycles. The highest BCUT2D eigenvalue weighted by Crippen LogP contribution is 2.24. The van der Waals surface area contributed by atoms with Gasteiger partial charge in [-0.1, -0.05) is 6.07 Å². The zero-order valence-corrected chi connectivity index (χ0v) is 12.1. The first-order valence-electron chi connectivity index (χ1n) is 7.03. The summed E-state index contributed by atoms with van der Waals surface area (Å²) in [6.45, 7) is 2.87. The van der Waals surface area contributed by atoms with E-state index in [0.717, 1.165) is 37.4 Å². The van der Waals surface area contributed by atoms with Gasteiger partial charge in [-0.25, -0.2) is 4.98 Å². The fraction of sp³-hybridized carbons (Fsp3) is 0.667. The van der Waals surface area contributed by atoms with Crippen LogP contribution in [0.25, 0.3) is 0 Å². The van der Waals surface area contributed by atoms with Gasteiger partial charge in [0.2, 0.25) is 5.88 Å². The Morgan fingerprint density at radius 2 is 2.11 bits per heavy atom. The third-order valence-corrected chi connectivity index (χ3v) is 3.74. The van der Waals surface area contributed by atoms with E-state index in [-0.39, 0.29) is 6.10 Å². The highest BCUT2D eigenvalue weighted by molar-refractivity contribution is 5.25. The van der Waals surface area contributed by atoms with Crippen molar-refractivity contribution in [3.05, 3.63) is 23.4 Å². The summed E-state index contributed by atoms with van der Waals surface area (Å²) in [5, 5.41) is 3.14. The molecule has 0 aromatic carbocycles. The molecule has 19 heavy (non-hydrogen) atoms. The van der Waals surface area contributed by atoms with Crippen LogP contribution in [0.15, 0.2) is 12.1 Å². The molecule has 0 bridgehead atoms. The van der Waals surface area contributed by atoms with Crippen LogP contribution in [0.3, 0.4) is 0 Å². The Bertz CT molecular complexity index is 409. The van der Waals surface area contributed by atoms with Crippen molar-refractivity contribution in [2.45, 2.75) is 51.4 Å². The van der Waals surface area contributed by atoms with Gasteiger partial charge in [-0.2, -0.15) is 0 Å². The van der Waals surface area contributed by atoms with E-state index in [1.807, 2.05) is 20.0 Å². The van der Waals surface area contributed by atoms with Crippen molar-refractivity contribution in [2.24, 2.45) is 0 Å². The van der Waals surface area contributed by atoms with Crippen molar-refractivity contribution < 1.29 is 9.47 Å². The van der Waals surface area contributed by atoms with Gasteiger partial charge in [-0.3, -0.25) is 0 Å². The second-order valence-electron chi connectivity index (χ2n) is 5.19. The van der Waals surface area contributed by atoms with Gasteiger partial charge in [0.05, 0.1) is 6.10 Å². The topological polar surface area (TPSA) is 43.4 Å². The number of nitrogens with one attached hydrogen (secondary N) is 1. The Hall–Kier alpha value is -1.13. The van der Waals surface area contributed by atoms with E-state index in [1.165, 1.54) is 12.0 Å². The van der Waals surface area contributed by atoms with E-state index >= 15 is 0 Å². The number of aromatic nitrogens is 1. The molecule has 1 aliphatic carbocycles. The first-order chi connectivity index (χ1) is 9.22. The molecule has 0 spiro atoms. The Morgan fingerprint density at radius 1 is 1.32 bits per heavy atom. The second-order valence-corrected chi connectivity index (χ2v) is 5.19. The standard InChI is InChI=1S/C15H24N2O2/c1-11-12(10-16-2)7-8-15(17-11)19-14-6-4-5-13(9-14)18-3/h7-8,13-14,16H,4-6,9-10H2,1-3H3. The molecule has 0 aliphatic heterocycles. The lowest BCUT2D eigenvalue weighted by Crippen LogP contribution is -2.29. The third kappa shape index (κ3) is 3.91. The predicted octanol–water partition coefficient (Wildman–Crippen LogP) is 2.45. The molecule has 0 radical (unpaired) electrons. The quantitative estimate of drug-likeness (QED) is 0.887. The minimum atomic E-state index is 0.237. The van der Waals surface area contributed by atoms with Crippen LogP contribution in [0.2, 0.25) is 0 Å². The van der Waals surface area contributed by atoms with Gasteiger partial charge < -0.3 is 14.8 Å². The summed E-state index contributed by atoms with van der Waals surface area (Å²) in [6.07, 6.45) is 4.95. The summed E-state index contributed by atoms with van der Waals surface area (Å²) in [7, 11) is 3.72. The van der Waals surface area contributed by atoms with Gasteiger partial charge in [0.25, 0.3) is 0 Å². The van der Waals surface area contributed by atoms with Crippen molar-refractivity contribution >= 4 is 0 Å². The maximum absolute atomic E-state index is 5.99. The number of aryl methyl sites for hydroxylation is 1. The fourth-order valence-electron chi connectivity index (χ4n) is 2.60. The number of methoxy groups -OCH3 is 1. The molecule has 2 rings (SSSR count). The molecule has 1 aromatic rings. The predicted molar refractivity (Wildman–Crippen MR) is 75.4 cm³/mol. The van der Waals surface area contributed by atoms with Gasteiger partial charge in [-0.05, 0) is 38.8 Å². The molecule has 4 nitrogen and oxygen atoms in total. The average molecular weight is 264 g/mol. The molecule has 1 heterocycles. The van der Waals surface area contributed by atoms with Crippen molar-refractivity contribution in [3.8, 4) is 5.88 Å². The highest BCUT2D eigenvalue weighted by atomic mass is 16.5. The monoisotopic (exact) mass is 264 g/mol. The zero-order valence-electron chi connectivity index (χ0n) is 12.1. The van der Waals surface area contributed by atoms with Crippen LogP contribution in [0.1, 0.15) is 36.9 Å². The van der Waals surface area contributed by atoms with Gasteiger partial charge in [0.1, 0.15) is 6.10 Å². The minimum absolute atomic E-state index is 0.237. The van der Waals surface area contributed by atoms with E-state index in [0.29, 0.717) is 6.10 Å². The van der Waals surface area contributed by atoms with Crippen LogP contribution < -0.4 is 10.1 Å². The molecule has 4 heteroatoms. The Labute approximate surface area is 115 Å². The Balaban J connectivity index is 1.97. The number of nitrogens with zero attached hydrogens (tertiary/aromatic N) is 1. The molecule has 2 atom stereocenters. The molecule has 1 aliphatic rings. The van der Waals surface area contributed by atoms with Crippen molar-refractivity contribution in [3.63, 3.8) is 0 Å². The zero-order chi connectivity index (χ0) is 13.7. The van der Waals surface area contributed by atoms with E-state index in [4.69, 9.17) is 9.47 Å². The van der Waals surface area contributed by atoms with Gasteiger partial charge in [-0.15, -0.1) is 0 Å². The van der Waals surface area contributed by atoms with Gasteiger partial charge in [0, 0.05) is 31.8 Å². The number of pyridine rings is 1. The molecule has 106 valence electrons. The number of hydrogen-bond acceptors (Lipinski definition) is 4. The summed E-state index contributed by atoms with van der Waals surface area (Å²) >= 11 is 0. The molecule has 1 fully saturated rings. The van der Waals surface area contributed by atoms with E-state index in [2.05, 4.69) is 16.4 Å². The average Bonchev–Trinajstić information content (AvgIpc) is 2.42. The lowest BCUT2D eigenvalue weighted by atomic mass is 9.95. The summed E-state index contributed by atoms with van der Waals surface area (Å²) in [5.41, 5.74) is 2.25. The van der Waals surface area contributed by atoms with Crippen molar-refractivity contribution in [2.75, 3.05) is 14.2 Å². The van der Waals surface area contributed by atoms with Crippen LogP contribution in [-0.4, -0.2) is 31.3 Å². The number of rotatable bonds is 5. The van der Waals surface area contributed by atoms with E-state index in [1.54, 1.807) is 7.11 Å². The molecule has 0 amide bonds. The molecule has 2 unspecified atom stereocenters. The SMILES string of the molecule is CNCc1ccc(OC2CCCC(OC)C2)nc1C. The molecule has 1 N–H and O–H groups in total. The number of ether oxygens (including phenoxy) is 2. The summed E-state index contributed by atoms with van der Waals surface area (Å²) in [4.78, 5) is 4.53. The largest absolute Gasteiger partial charge is 0.474 e. The third-order valence-electron chi connectivity index (χ3n) is 3.74. The molecular weight excluding hydrogens is 240 g/mol. The molecular formula is C15H24N2O2. The second kappa shape index (κ2) is 6.87. The molecule has 0 saturated heterocycles. The summed E-state index contributed by atoms with van der Waals surface area (Å²) in [5.74, 6) is 0.735. The lowest BCUT2D eigenvalue weighted by molar-refractivity contribution is 0.0194. The van der Waals surface area contributed by atoms with Gasteiger partial charge >= 0.3 is 0 Å². The van der Waals surface area contributed by atoms with Crippen LogP contribution >= 0.6 is 0 Å². The number of hydrogen-bond donors (Lipinski definition) is 1. The van der Waals surface area contributed by atoms with Crippen LogP contribution in [0.4, 0.5) is 0 Å². The van der Waals surface area contributed by atoms with Crippen molar-refractivity contribution in [1.82, 2.24) is 10.3 Å². The summed E-state index contributed by atoms with van der Waals surface area (Å²) < 4.78 is 11.4. The summed E-state index contributed by atoms with van der Waals surface area (Å²) in [6, 6.07) is 4.06. The lowest BCUT2D eigenvalue weighted by Gasteiger charge is -2.28. The van der Waals surface area contributed by atoms with Crippen molar-refractivity contribution in [1.29, 1.82) is 0 Å².